The molecular formula is C18H25FInNO5. The first-order chi connectivity index (χ1) is 12.3. The van der Waals surface area contributed by atoms with Crippen molar-refractivity contribution in [3.63, 3.8) is 0 Å². The van der Waals surface area contributed by atoms with Gasteiger partial charge in [0.1, 0.15) is 0 Å². The summed E-state index contributed by atoms with van der Waals surface area (Å²) in [7, 11) is 1.60. The summed E-state index contributed by atoms with van der Waals surface area (Å²) in [5.74, 6) is 0.272. The van der Waals surface area contributed by atoms with E-state index in [1.165, 1.54) is 6.07 Å². The van der Waals surface area contributed by atoms with Gasteiger partial charge in [-0.2, -0.15) is 0 Å². The van der Waals surface area contributed by atoms with Crippen LogP contribution in [0.3, 0.4) is 0 Å². The SMILES string of the molecule is COCCOCOc1cc(F)c2[c](c1)[In]1[CH](C2)[CH]1NC(=O)OC(C)(C)C. The Balaban J connectivity index is 1.58. The molecule has 1 saturated heterocycles. The Morgan fingerprint density at radius 1 is 1.35 bits per heavy atom. The molecular weight excluding hydrogens is 444 g/mol. The van der Waals surface area contributed by atoms with Crippen LogP contribution in [0.25, 0.3) is 0 Å². The fourth-order valence-corrected chi connectivity index (χ4v) is 16.0. The molecule has 1 fully saturated rings. The van der Waals surface area contributed by atoms with Crippen LogP contribution in [0.5, 0.6) is 5.75 Å². The van der Waals surface area contributed by atoms with Crippen molar-refractivity contribution >= 4 is 30.9 Å². The molecule has 1 amide bonds. The normalized spacial score (nSPS) is 20.4. The summed E-state index contributed by atoms with van der Waals surface area (Å²) in [5, 5.41) is 2.99. The molecule has 2 atom stereocenters. The number of carbonyl (C=O) groups excluding carboxylic acids is 1. The van der Waals surface area contributed by atoms with Gasteiger partial charge in [0.05, 0.1) is 0 Å². The molecule has 1 aromatic carbocycles. The number of methoxy groups -OCH3 is 1. The van der Waals surface area contributed by atoms with E-state index in [-0.39, 0.29) is 22.5 Å². The molecule has 1 N–H and O–H groups in total. The summed E-state index contributed by atoms with van der Waals surface area (Å²) < 4.78 is 37.1. The maximum absolute atomic E-state index is 14.4. The Kier molecular flexibility index (Phi) is 6.04. The van der Waals surface area contributed by atoms with Crippen LogP contribution in [0.1, 0.15) is 26.3 Å². The summed E-state index contributed by atoms with van der Waals surface area (Å²) in [6.45, 7) is 6.49. The Morgan fingerprint density at radius 2 is 2.12 bits per heavy atom. The third-order valence-electron chi connectivity index (χ3n) is 4.60. The fourth-order valence-electron chi connectivity index (χ4n) is 3.47. The molecule has 2 unspecified atom stereocenters. The predicted octanol–water partition coefficient (Wildman–Crippen LogP) is 1.90. The van der Waals surface area contributed by atoms with Gasteiger partial charge in [0.25, 0.3) is 0 Å². The van der Waals surface area contributed by atoms with E-state index in [1.54, 1.807) is 7.11 Å². The molecule has 26 heavy (non-hydrogen) atoms. The Hall–Kier alpha value is -0.990. The number of fused-ring (bicyclic) bond motifs is 3. The van der Waals surface area contributed by atoms with Crippen LogP contribution in [0.15, 0.2) is 12.1 Å². The average molecular weight is 469 g/mol. The summed E-state index contributed by atoms with van der Waals surface area (Å²) in [6, 6.07) is 3.36. The summed E-state index contributed by atoms with van der Waals surface area (Å²) in [6.07, 6.45) is 0.335. The molecule has 2 aliphatic rings. The van der Waals surface area contributed by atoms with Crippen LogP contribution in [-0.2, 0) is 20.6 Å². The van der Waals surface area contributed by atoms with Gasteiger partial charge in [-0.3, -0.25) is 0 Å². The van der Waals surface area contributed by atoms with Crippen molar-refractivity contribution in [2.45, 2.75) is 40.3 Å². The van der Waals surface area contributed by atoms with Crippen molar-refractivity contribution in [3.05, 3.63) is 23.5 Å². The van der Waals surface area contributed by atoms with Gasteiger partial charge in [-0.05, 0) is 0 Å². The first-order valence-corrected chi connectivity index (χ1v) is 14.3. The van der Waals surface area contributed by atoms with E-state index >= 15 is 0 Å². The Bertz CT molecular complexity index is 678. The molecule has 0 spiro atoms. The number of halogens is 1. The Morgan fingerprint density at radius 3 is 2.81 bits per heavy atom. The van der Waals surface area contributed by atoms with Crippen LogP contribution in [-0.4, -0.2) is 64.0 Å². The molecule has 3 rings (SSSR count). The molecule has 2 heterocycles. The maximum atomic E-state index is 14.4. The second-order valence-corrected chi connectivity index (χ2v) is 17.0. The van der Waals surface area contributed by atoms with Crippen molar-refractivity contribution in [2.75, 3.05) is 27.1 Å². The van der Waals surface area contributed by atoms with Crippen LogP contribution in [0, 0.1) is 5.82 Å². The van der Waals surface area contributed by atoms with Gasteiger partial charge in [-0.25, -0.2) is 0 Å². The van der Waals surface area contributed by atoms with E-state index in [1.807, 2.05) is 26.8 Å². The predicted molar refractivity (Wildman–Crippen MR) is 95.7 cm³/mol. The zero-order valence-electron chi connectivity index (χ0n) is 15.6. The second kappa shape index (κ2) is 7.94. The molecule has 0 aliphatic carbocycles. The van der Waals surface area contributed by atoms with Crippen LogP contribution >= 0.6 is 0 Å². The van der Waals surface area contributed by atoms with Gasteiger partial charge in [0, 0.05) is 0 Å². The van der Waals surface area contributed by atoms with Crippen molar-refractivity contribution < 1.29 is 28.1 Å². The van der Waals surface area contributed by atoms with Gasteiger partial charge in [0.15, 0.2) is 0 Å². The number of amides is 1. The topological polar surface area (TPSA) is 66.0 Å². The van der Waals surface area contributed by atoms with E-state index in [4.69, 9.17) is 18.9 Å². The molecule has 142 valence electrons. The third kappa shape index (κ3) is 4.64. The van der Waals surface area contributed by atoms with Crippen molar-refractivity contribution in [1.82, 2.24) is 5.32 Å². The van der Waals surface area contributed by atoms with E-state index < -0.39 is 27.0 Å². The van der Waals surface area contributed by atoms with Crippen molar-refractivity contribution in [1.29, 1.82) is 0 Å². The molecule has 2 aliphatic heterocycles. The van der Waals surface area contributed by atoms with Gasteiger partial charge in [-0.15, -0.1) is 0 Å². The van der Waals surface area contributed by atoms with Gasteiger partial charge >= 0.3 is 161 Å². The second-order valence-electron chi connectivity index (χ2n) is 7.70. The first kappa shape index (κ1) is 19.8. The monoisotopic (exact) mass is 469 g/mol. The summed E-state index contributed by atoms with van der Waals surface area (Å²) in [5.41, 5.74) is 0.294. The Labute approximate surface area is 160 Å². The average Bonchev–Trinajstić information content (AvgIpc) is 3.03. The summed E-state index contributed by atoms with van der Waals surface area (Å²) in [4.78, 5) is 12.0. The zero-order valence-corrected chi connectivity index (χ0v) is 18.9. The fraction of sp³-hybridized carbons (Fsp3) is 0.611. The van der Waals surface area contributed by atoms with E-state index in [2.05, 4.69) is 5.32 Å². The van der Waals surface area contributed by atoms with Gasteiger partial charge in [0.2, 0.25) is 0 Å². The molecule has 1 aromatic rings. The number of ether oxygens (including phenoxy) is 4. The molecule has 0 saturated carbocycles. The van der Waals surface area contributed by atoms with Crippen LogP contribution < -0.4 is 13.4 Å². The number of hydrogen-bond donors (Lipinski definition) is 1. The zero-order chi connectivity index (χ0) is 18.9. The van der Waals surface area contributed by atoms with Gasteiger partial charge < -0.3 is 0 Å². The molecule has 0 radical (unpaired) electrons. The molecule has 0 aromatic heterocycles. The van der Waals surface area contributed by atoms with E-state index in [0.29, 0.717) is 29.1 Å². The molecule has 8 heteroatoms. The van der Waals surface area contributed by atoms with Crippen LogP contribution in [0.2, 0.25) is 3.67 Å². The molecule has 6 nitrogen and oxygen atoms in total. The number of alkyl carbamates (subject to hydrolysis) is 1. The minimum absolute atomic E-state index is 0.0603. The minimum atomic E-state index is -2.21. The van der Waals surface area contributed by atoms with Crippen molar-refractivity contribution in [2.24, 2.45) is 0 Å². The van der Waals surface area contributed by atoms with Gasteiger partial charge in [-0.1, -0.05) is 0 Å². The van der Waals surface area contributed by atoms with E-state index in [0.717, 1.165) is 8.88 Å². The van der Waals surface area contributed by atoms with Crippen LogP contribution in [0.4, 0.5) is 9.18 Å². The molecule has 0 bridgehead atoms. The number of carbonyl (C=O) groups is 1. The number of benzene rings is 1. The van der Waals surface area contributed by atoms with E-state index in [9.17, 15) is 9.18 Å². The number of rotatable bonds is 7. The summed E-state index contributed by atoms with van der Waals surface area (Å²) >= 11 is -2.21. The third-order valence-corrected chi connectivity index (χ3v) is 15.3. The quantitative estimate of drug-likeness (QED) is 0.489. The standard InChI is InChI=1S/C18H25FNO5.In/c1-18(2,3)25-17(21)20-9-5-6-14-7-8-15(12-16(14)19)24-13-23-11-10-22-4;/h5,8-9,12H,6,10-11,13H2,1-4H3,(H,20,21);. The number of nitrogens with one attached hydrogen (secondary N) is 1. The van der Waals surface area contributed by atoms with Crippen molar-refractivity contribution in [3.8, 4) is 5.75 Å². The first-order valence-electron chi connectivity index (χ1n) is 8.81. The number of hydrogen-bond acceptors (Lipinski definition) is 5.